The third kappa shape index (κ3) is 3.78. The lowest BCUT2D eigenvalue weighted by atomic mass is 10.1. The number of aldehydes is 1. The maximum Gasteiger partial charge on any atom is 0.416 e. The molecule has 0 aliphatic carbocycles. The smallest absolute Gasteiger partial charge is 0.298 e. The second kappa shape index (κ2) is 5.91. The average molecular weight is 294 g/mol. The molecule has 0 amide bonds. The average Bonchev–Trinajstić information content (AvgIpc) is 2.45. The first kappa shape index (κ1) is 15.0. The maximum absolute atomic E-state index is 13.4. The van der Waals surface area contributed by atoms with Crippen molar-refractivity contribution in [2.24, 2.45) is 0 Å². The Bertz CT molecular complexity index is 687. The van der Waals surface area contributed by atoms with Gasteiger partial charge >= 0.3 is 6.18 Å². The highest BCUT2D eigenvalue weighted by atomic mass is 19.4. The number of benzene rings is 2. The molecule has 0 saturated heterocycles. The SMILES string of the molecule is O=Cc1ccc(C=Cc2cccc(C(F)(F)F)c2)cc1F. The predicted molar refractivity (Wildman–Crippen MR) is 72.2 cm³/mol. The monoisotopic (exact) mass is 294 g/mol. The quantitative estimate of drug-likeness (QED) is 0.450. The van der Waals surface area contributed by atoms with Crippen molar-refractivity contribution in [3.05, 3.63) is 70.5 Å². The standard InChI is InChI=1S/C16H10F4O/c17-15-9-12(6-7-13(15)10-21)5-4-11-2-1-3-14(8-11)16(18,19)20/h1-10H. The molecule has 0 N–H and O–H groups in total. The van der Waals surface area contributed by atoms with E-state index in [1.165, 1.54) is 36.4 Å². The van der Waals surface area contributed by atoms with Gasteiger partial charge in [0.05, 0.1) is 11.1 Å². The number of carbonyl (C=O) groups excluding carboxylic acids is 1. The minimum Gasteiger partial charge on any atom is -0.298 e. The second-order valence-corrected chi connectivity index (χ2v) is 4.36. The molecule has 0 bridgehead atoms. The summed E-state index contributed by atoms with van der Waals surface area (Å²) in [5, 5.41) is 0. The molecule has 0 aliphatic heterocycles. The molecule has 1 nitrogen and oxygen atoms in total. The first-order valence-electron chi connectivity index (χ1n) is 6.00. The Morgan fingerprint density at radius 3 is 2.14 bits per heavy atom. The van der Waals surface area contributed by atoms with Crippen LogP contribution in [0.3, 0.4) is 0 Å². The van der Waals surface area contributed by atoms with E-state index in [0.717, 1.165) is 18.2 Å². The van der Waals surface area contributed by atoms with Crippen LogP contribution in [0.4, 0.5) is 17.6 Å². The van der Waals surface area contributed by atoms with Crippen LogP contribution in [0, 0.1) is 5.82 Å². The Kier molecular flexibility index (Phi) is 4.21. The zero-order valence-electron chi connectivity index (χ0n) is 10.7. The highest BCUT2D eigenvalue weighted by Crippen LogP contribution is 2.29. The van der Waals surface area contributed by atoms with E-state index in [4.69, 9.17) is 0 Å². The van der Waals surface area contributed by atoms with Gasteiger partial charge in [-0.1, -0.05) is 30.4 Å². The predicted octanol–water partition coefficient (Wildman–Crippen LogP) is 4.83. The van der Waals surface area contributed by atoms with Crippen LogP contribution >= 0.6 is 0 Å². The summed E-state index contributed by atoms with van der Waals surface area (Å²) in [6, 6.07) is 8.78. The minimum atomic E-state index is -4.40. The molecule has 2 aromatic carbocycles. The zero-order chi connectivity index (χ0) is 15.5. The van der Waals surface area contributed by atoms with Gasteiger partial charge in [-0.15, -0.1) is 0 Å². The van der Waals surface area contributed by atoms with Crippen LogP contribution < -0.4 is 0 Å². The molecule has 2 aromatic rings. The molecule has 5 heteroatoms. The summed E-state index contributed by atoms with van der Waals surface area (Å²) in [4.78, 5) is 10.5. The number of hydrogen-bond donors (Lipinski definition) is 0. The lowest BCUT2D eigenvalue weighted by Crippen LogP contribution is -2.04. The third-order valence-electron chi connectivity index (χ3n) is 2.83. The van der Waals surface area contributed by atoms with Crippen molar-refractivity contribution < 1.29 is 22.4 Å². The van der Waals surface area contributed by atoms with Crippen LogP contribution in [0.15, 0.2) is 42.5 Å². The fourth-order valence-corrected chi connectivity index (χ4v) is 1.75. The summed E-state index contributed by atoms with van der Waals surface area (Å²) in [6.45, 7) is 0. The Hall–Kier alpha value is -2.43. The van der Waals surface area contributed by atoms with Crippen molar-refractivity contribution in [2.45, 2.75) is 6.18 Å². The first-order valence-corrected chi connectivity index (χ1v) is 6.00. The van der Waals surface area contributed by atoms with Crippen LogP contribution in [0.25, 0.3) is 12.2 Å². The van der Waals surface area contributed by atoms with Crippen LogP contribution in [0.5, 0.6) is 0 Å². The number of rotatable bonds is 3. The molecule has 0 spiro atoms. The van der Waals surface area contributed by atoms with E-state index in [9.17, 15) is 22.4 Å². The van der Waals surface area contributed by atoms with Crippen LogP contribution in [-0.2, 0) is 6.18 Å². The highest BCUT2D eigenvalue weighted by Gasteiger charge is 2.30. The molecule has 2 rings (SSSR count). The van der Waals surface area contributed by atoms with E-state index < -0.39 is 17.6 Å². The fourth-order valence-electron chi connectivity index (χ4n) is 1.75. The normalized spacial score (nSPS) is 11.8. The Morgan fingerprint density at radius 1 is 0.905 bits per heavy atom. The van der Waals surface area contributed by atoms with Crippen LogP contribution in [0.2, 0.25) is 0 Å². The van der Waals surface area contributed by atoms with Gasteiger partial charge < -0.3 is 0 Å². The van der Waals surface area contributed by atoms with Crippen molar-refractivity contribution in [1.82, 2.24) is 0 Å². The molecule has 0 aliphatic rings. The summed E-state index contributed by atoms with van der Waals surface area (Å²) in [6.07, 6.45) is -1.07. The minimum absolute atomic E-state index is 0.0637. The van der Waals surface area contributed by atoms with Gasteiger partial charge in [0.15, 0.2) is 6.29 Å². The largest absolute Gasteiger partial charge is 0.416 e. The van der Waals surface area contributed by atoms with Crippen molar-refractivity contribution in [1.29, 1.82) is 0 Å². The molecular formula is C16H10F4O. The van der Waals surface area contributed by atoms with Gasteiger partial charge in [-0.25, -0.2) is 4.39 Å². The Balaban J connectivity index is 2.25. The Morgan fingerprint density at radius 2 is 1.57 bits per heavy atom. The van der Waals surface area contributed by atoms with Gasteiger partial charge in [0, 0.05) is 0 Å². The molecule has 0 radical (unpaired) electrons. The number of alkyl halides is 3. The Labute approximate surface area is 118 Å². The van der Waals surface area contributed by atoms with E-state index in [0.29, 0.717) is 17.4 Å². The lowest BCUT2D eigenvalue weighted by molar-refractivity contribution is -0.137. The van der Waals surface area contributed by atoms with Gasteiger partial charge in [0.25, 0.3) is 0 Å². The van der Waals surface area contributed by atoms with Gasteiger partial charge in [-0.05, 0) is 35.4 Å². The van der Waals surface area contributed by atoms with Crippen LogP contribution in [0.1, 0.15) is 27.0 Å². The molecule has 0 fully saturated rings. The first-order chi connectivity index (χ1) is 9.90. The fraction of sp³-hybridized carbons (Fsp3) is 0.0625. The topological polar surface area (TPSA) is 17.1 Å². The third-order valence-corrected chi connectivity index (χ3v) is 2.83. The second-order valence-electron chi connectivity index (χ2n) is 4.36. The molecule has 0 unspecified atom stereocenters. The summed E-state index contributed by atoms with van der Waals surface area (Å²) >= 11 is 0. The molecule has 0 atom stereocenters. The van der Waals surface area contributed by atoms with E-state index in [-0.39, 0.29) is 5.56 Å². The van der Waals surface area contributed by atoms with Gasteiger partial charge in [-0.2, -0.15) is 13.2 Å². The summed E-state index contributed by atoms with van der Waals surface area (Å²) < 4.78 is 51.1. The van der Waals surface area contributed by atoms with Crippen molar-refractivity contribution in [3.8, 4) is 0 Å². The van der Waals surface area contributed by atoms with E-state index in [1.807, 2.05) is 0 Å². The highest BCUT2D eigenvalue weighted by molar-refractivity contribution is 5.77. The molecular weight excluding hydrogens is 284 g/mol. The van der Waals surface area contributed by atoms with Crippen molar-refractivity contribution in [2.75, 3.05) is 0 Å². The molecule has 0 heterocycles. The molecule has 0 saturated carbocycles. The van der Waals surface area contributed by atoms with Crippen molar-refractivity contribution in [3.63, 3.8) is 0 Å². The van der Waals surface area contributed by atoms with Crippen molar-refractivity contribution >= 4 is 18.4 Å². The summed E-state index contributed by atoms with van der Waals surface area (Å²) in [7, 11) is 0. The van der Waals surface area contributed by atoms with Crippen LogP contribution in [-0.4, -0.2) is 6.29 Å². The molecule has 108 valence electrons. The van der Waals surface area contributed by atoms with Gasteiger partial charge in [0.1, 0.15) is 5.82 Å². The zero-order valence-corrected chi connectivity index (χ0v) is 10.7. The van der Waals surface area contributed by atoms with E-state index in [2.05, 4.69) is 0 Å². The summed E-state index contributed by atoms with van der Waals surface area (Å²) in [5.74, 6) is -0.670. The lowest BCUT2D eigenvalue weighted by Gasteiger charge is -2.06. The molecule has 21 heavy (non-hydrogen) atoms. The van der Waals surface area contributed by atoms with Gasteiger partial charge in [0.2, 0.25) is 0 Å². The summed E-state index contributed by atoms with van der Waals surface area (Å²) in [5.41, 5.74) is -0.00133. The van der Waals surface area contributed by atoms with E-state index in [1.54, 1.807) is 0 Å². The van der Waals surface area contributed by atoms with Gasteiger partial charge in [-0.3, -0.25) is 4.79 Å². The number of halogens is 4. The number of carbonyl (C=O) groups is 1. The molecule has 0 aromatic heterocycles. The number of hydrogen-bond acceptors (Lipinski definition) is 1. The van der Waals surface area contributed by atoms with E-state index >= 15 is 0 Å². The maximum atomic E-state index is 13.4.